The van der Waals surface area contributed by atoms with E-state index in [1.165, 1.54) is 0 Å². The van der Waals surface area contributed by atoms with Gasteiger partial charge in [0.05, 0.1) is 12.8 Å². The zero-order chi connectivity index (χ0) is 12.3. The number of hydrogen-bond donors (Lipinski definition) is 1. The highest BCUT2D eigenvalue weighted by atomic mass is 32.1. The van der Waals surface area contributed by atoms with E-state index < -0.39 is 0 Å². The quantitative estimate of drug-likeness (QED) is 0.905. The van der Waals surface area contributed by atoms with Gasteiger partial charge in [-0.05, 0) is 31.2 Å². The maximum Gasteiger partial charge on any atom is 0.123 e. The van der Waals surface area contributed by atoms with Crippen molar-refractivity contribution in [1.82, 2.24) is 4.98 Å². The first kappa shape index (κ1) is 12.1. The molecule has 0 amide bonds. The van der Waals surface area contributed by atoms with E-state index in [4.69, 9.17) is 10.5 Å². The smallest absolute Gasteiger partial charge is 0.123 e. The van der Waals surface area contributed by atoms with E-state index in [2.05, 4.69) is 10.4 Å². The summed E-state index contributed by atoms with van der Waals surface area (Å²) >= 11 is 1.65. The third kappa shape index (κ3) is 3.05. The number of nitrogens with zero attached hydrogens (tertiary/aromatic N) is 1. The van der Waals surface area contributed by atoms with Crippen LogP contribution in [0.1, 0.15) is 12.6 Å². The third-order valence-corrected chi connectivity index (χ3v) is 3.36. The summed E-state index contributed by atoms with van der Waals surface area (Å²) in [5, 5.41) is 3.10. The van der Waals surface area contributed by atoms with E-state index in [0.29, 0.717) is 0 Å². The van der Waals surface area contributed by atoms with Crippen molar-refractivity contribution in [3.8, 4) is 16.3 Å². The molecule has 3 nitrogen and oxygen atoms in total. The van der Waals surface area contributed by atoms with E-state index >= 15 is 0 Å². The molecule has 0 spiro atoms. The van der Waals surface area contributed by atoms with Gasteiger partial charge in [-0.2, -0.15) is 0 Å². The molecule has 0 radical (unpaired) electrons. The van der Waals surface area contributed by atoms with E-state index in [0.717, 1.165) is 28.4 Å². The van der Waals surface area contributed by atoms with E-state index in [1.54, 1.807) is 18.4 Å². The standard InChI is InChI=1S/C13H16N2OS/c1-9(14)7-11-8-17-13(15-11)10-3-5-12(16-2)6-4-10/h3-6,8-9H,7,14H2,1-2H3. The average Bonchev–Trinajstić information content (AvgIpc) is 2.77. The van der Waals surface area contributed by atoms with Crippen LogP contribution < -0.4 is 10.5 Å². The first-order chi connectivity index (χ1) is 8.19. The fraction of sp³-hybridized carbons (Fsp3) is 0.308. The van der Waals surface area contributed by atoms with Gasteiger partial charge in [0.15, 0.2) is 0 Å². The van der Waals surface area contributed by atoms with Crippen LogP contribution in [0.5, 0.6) is 5.75 Å². The molecule has 1 aromatic heterocycles. The number of hydrogen-bond acceptors (Lipinski definition) is 4. The Kier molecular flexibility index (Phi) is 3.76. The maximum atomic E-state index is 5.76. The lowest BCUT2D eigenvalue weighted by molar-refractivity contribution is 0.415. The Balaban J connectivity index is 2.18. The summed E-state index contributed by atoms with van der Waals surface area (Å²) in [5.74, 6) is 0.862. The van der Waals surface area contributed by atoms with Gasteiger partial charge in [-0.25, -0.2) is 4.98 Å². The minimum Gasteiger partial charge on any atom is -0.497 e. The molecule has 1 heterocycles. The first-order valence-corrected chi connectivity index (χ1v) is 6.41. The van der Waals surface area contributed by atoms with Crippen LogP contribution in [0.15, 0.2) is 29.6 Å². The minimum absolute atomic E-state index is 0.154. The highest BCUT2D eigenvalue weighted by molar-refractivity contribution is 7.13. The zero-order valence-corrected chi connectivity index (χ0v) is 10.8. The number of rotatable bonds is 4. The molecule has 1 unspecified atom stereocenters. The summed E-state index contributed by atoms with van der Waals surface area (Å²) in [6.45, 7) is 1.99. The van der Waals surface area contributed by atoms with Crippen molar-refractivity contribution in [2.45, 2.75) is 19.4 Å². The predicted molar refractivity (Wildman–Crippen MR) is 71.5 cm³/mol. The summed E-state index contributed by atoms with van der Waals surface area (Å²) in [5.41, 5.74) is 7.94. The molecule has 0 bridgehead atoms. The minimum atomic E-state index is 0.154. The van der Waals surface area contributed by atoms with Gasteiger partial charge >= 0.3 is 0 Å². The number of ether oxygens (including phenoxy) is 1. The monoisotopic (exact) mass is 248 g/mol. The molecule has 2 aromatic rings. The number of nitrogens with two attached hydrogens (primary N) is 1. The van der Waals surface area contributed by atoms with Crippen LogP contribution in [-0.2, 0) is 6.42 Å². The van der Waals surface area contributed by atoms with Gasteiger partial charge < -0.3 is 10.5 Å². The SMILES string of the molecule is COc1ccc(-c2nc(CC(C)N)cs2)cc1. The van der Waals surface area contributed by atoms with Crippen LogP contribution >= 0.6 is 11.3 Å². The summed E-state index contributed by atoms with van der Waals surface area (Å²) in [6, 6.07) is 8.09. The fourth-order valence-electron chi connectivity index (χ4n) is 1.60. The summed E-state index contributed by atoms with van der Waals surface area (Å²) in [4.78, 5) is 4.57. The number of methoxy groups -OCH3 is 1. The molecule has 1 atom stereocenters. The Morgan fingerprint density at radius 1 is 1.35 bits per heavy atom. The number of thiazole rings is 1. The molecule has 2 N–H and O–H groups in total. The molecular weight excluding hydrogens is 232 g/mol. The molecule has 0 fully saturated rings. The van der Waals surface area contributed by atoms with Crippen molar-refractivity contribution in [2.75, 3.05) is 7.11 Å². The van der Waals surface area contributed by atoms with Gasteiger partial charge in [0.2, 0.25) is 0 Å². The van der Waals surface area contributed by atoms with Gasteiger partial charge in [0.25, 0.3) is 0 Å². The molecule has 0 aliphatic carbocycles. The predicted octanol–water partition coefficient (Wildman–Crippen LogP) is 2.71. The largest absolute Gasteiger partial charge is 0.497 e. The normalized spacial score (nSPS) is 12.4. The van der Waals surface area contributed by atoms with Crippen molar-refractivity contribution in [2.24, 2.45) is 5.73 Å². The van der Waals surface area contributed by atoms with Gasteiger partial charge in [0, 0.05) is 23.4 Å². The summed E-state index contributed by atoms with van der Waals surface area (Å²) in [6.07, 6.45) is 0.826. The Morgan fingerprint density at radius 2 is 2.06 bits per heavy atom. The summed E-state index contributed by atoms with van der Waals surface area (Å²) < 4.78 is 5.13. The van der Waals surface area contributed by atoms with Crippen molar-refractivity contribution in [3.05, 3.63) is 35.3 Å². The maximum absolute atomic E-state index is 5.76. The number of benzene rings is 1. The Morgan fingerprint density at radius 3 is 2.65 bits per heavy atom. The molecule has 0 saturated heterocycles. The lowest BCUT2D eigenvalue weighted by Crippen LogP contribution is -2.17. The zero-order valence-electron chi connectivity index (χ0n) is 10.0. The fourth-order valence-corrected chi connectivity index (χ4v) is 2.44. The lowest BCUT2D eigenvalue weighted by atomic mass is 10.2. The van der Waals surface area contributed by atoms with Crippen molar-refractivity contribution < 1.29 is 4.74 Å². The van der Waals surface area contributed by atoms with E-state index in [-0.39, 0.29) is 6.04 Å². The molecule has 90 valence electrons. The molecule has 4 heteroatoms. The molecule has 0 saturated carbocycles. The highest BCUT2D eigenvalue weighted by Crippen LogP contribution is 2.25. The molecule has 0 aliphatic rings. The second-order valence-electron chi connectivity index (χ2n) is 4.05. The first-order valence-electron chi connectivity index (χ1n) is 5.53. The third-order valence-electron chi connectivity index (χ3n) is 2.42. The van der Waals surface area contributed by atoms with Crippen molar-refractivity contribution in [3.63, 3.8) is 0 Å². The van der Waals surface area contributed by atoms with Gasteiger partial charge in [-0.1, -0.05) is 0 Å². The Hall–Kier alpha value is -1.39. The molecule has 1 aromatic carbocycles. The van der Waals surface area contributed by atoms with Crippen LogP contribution in [0, 0.1) is 0 Å². The second kappa shape index (κ2) is 5.29. The van der Waals surface area contributed by atoms with Gasteiger partial charge in [-0.3, -0.25) is 0 Å². The topological polar surface area (TPSA) is 48.1 Å². The average molecular weight is 248 g/mol. The number of aromatic nitrogens is 1. The van der Waals surface area contributed by atoms with Crippen LogP contribution in [0.4, 0.5) is 0 Å². The lowest BCUT2D eigenvalue weighted by Gasteiger charge is -2.01. The van der Waals surface area contributed by atoms with Crippen molar-refractivity contribution >= 4 is 11.3 Å². The van der Waals surface area contributed by atoms with Gasteiger partial charge in [0.1, 0.15) is 10.8 Å². The second-order valence-corrected chi connectivity index (χ2v) is 4.91. The highest BCUT2D eigenvalue weighted by Gasteiger charge is 2.06. The Labute approximate surface area is 105 Å². The van der Waals surface area contributed by atoms with Crippen LogP contribution in [-0.4, -0.2) is 18.1 Å². The van der Waals surface area contributed by atoms with Crippen LogP contribution in [0.3, 0.4) is 0 Å². The molecule has 0 aliphatic heterocycles. The van der Waals surface area contributed by atoms with Crippen LogP contribution in [0.25, 0.3) is 10.6 Å². The molecule has 17 heavy (non-hydrogen) atoms. The van der Waals surface area contributed by atoms with E-state index in [9.17, 15) is 0 Å². The van der Waals surface area contributed by atoms with Crippen molar-refractivity contribution in [1.29, 1.82) is 0 Å². The Bertz CT molecular complexity index is 476. The van der Waals surface area contributed by atoms with E-state index in [1.807, 2.05) is 31.2 Å². The summed E-state index contributed by atoms with van der Waals surface area (Å²) in [7, 11) is 1.67. The van der Waals surface area contributed by atoms with Crippen LogP contribution in [0.2, 0.25) is 0 Å². The molecular formula is C13H16N2OS. The molecule has 2 rings (SSSR count). The van der Waals surface area contributed by atoms with Gasteiger partial charge in [-0.15, -0.1) is 11.3 Å².